The standard InChI is InChI=1S/C20H26N4O/c25-20(16-5-1-2-6-16)22-14-17-13-19(15-9-11-21-12-10-15)24(23-17)18-7-3-4-8-18/h9-13,16,18H,1-8,14H2,(H,22,25). The Hall–Kier alpha value is -2.17. The number of carbonyl (C=O) groups excluding carboxylic acids is 1. The summed E-state index contributed by atoms with van der Waals surface area (Å²) in [5, 5.41) is 7.95. The summed E-state index contributed by atoms with van der Waals surface area (Å²) < 4.78 is 2.18. The molecule has 0 atom stereocenters. The Kier molecular flexibility index (Phi) is 4.81. The Balaban J connectivity index is 1.53. The molecule has 0 bridgehead atoms. The summed E-state index contributed by atoms with van der Waals surface area (Å²) in [4.78, 5) is 16.4. The Labute approximate surface area is 148 Å². The molecule has 5 heteroatoms. The molecule has 2 fully saturated rings. The maximum Gasteiger partial charge on any atom is 0.223 e. The fraction of sp³-hybridized carbons (Fsp3) is 0.550. The molecule has 2 saturated carbocycles. The number of hydrogen-bond acceptors (Lipinski definition) is 3. The molecule has 25 heavy (non-hydrogen) atoms. The Morgan fingerprint density at radius 3 is 2.48 bits per heavy atom. The van der Waals surface area contributed by atoms with Crippen LogP contribution in [-0.2, 0) is 11.3 Å². The third-order valence-corrected chi connectivity index (χ3v) is 5.60. The molecule has 2 heterocycles. The fourth-order valence-corrected chi connectivity index (χ4v) is 4.21. The zero-order valence-corrected chi connectivity index (χ0v) is 14.7. The highest BCUT2D eigenvalue weighted by Crippen LogP contribution is 2.33. The van der Waals surface area contributed by atoms with E-state index < -0.39 is 0 Å². The molecule has 132 valence electrons. The molecule has 0 spiro atoms. The van der Waals surface area contributed by atoms with Crippen molar-refractivity contribution in [3.05, 3.63) is 36.3 Å². The minimum Gasteiger partial charge on any atom is -0.350 e. The third kappa shape index (κ3) is 3.60. The van der Waals surface area contributed by atoms with Gasteiger partial charge in [-0.05, 0) is 43.9 Å². The highest BCUT2D eigenvalue weighted by atomic mass is 16.1. The number of aromatic nitrogens is 3. The van der Waals surface area contributed by atoms with Crippen molar-refractivity contribution in [2.24, 2.45) is 5.92 Å². The van der Waals surface area contributed by atoms with Crippen molar-refractivity contribution >= 4 is 5.91 Å². The molecule has 1 N–H and O–H groups in total. The summed E-state index contributed by atoms with van der Waals surface area (Å²) >= 11 is 0. The molecule has 0 aliphatic heterocycles. The summed E-state index contributed by atoms with van der Waals surface area (Å²) in [5.74, 6) is 0.398. The van der Waals surface area contributed by atoms with Crippen LogP contribution in [0.5, 0.6) is 0 Å². The van der Waals surface area contributed by atoms with Crippen molar-refractivity contribution in [1.82, 2.24) is 20.1 Å². The maximum absolute atomic E-state index is 12.3. The molecule has 0 aromatic carbocycles. The highest BCUT2D eigenvalue weighted by Gasteiger charge is 2.24. The van der Waals surface area contributed by atoms with E-state index in [1.165, 1.54) is 38.5 Å². The summed E-state index contributed by atoms with van der Waals surface area (Å²) in [6, 6.07) is 6.66. The molecule has 0 saturated heterocycles. The van der Waals surface area contributed by atoms with Crippen LogP contribution in [0.4, 0.5) is 0 Å². The van der Waals surface area contributed by atoms with Crippen LogP contribution in [-0.4, -0.2) is 20.7 Å². The van der Waals surface area contributed by atoms with Crippen LogP contribution in [0.1, 0.15) is 63.1 Å². The quantitative estimate of drug-likeness (QED) is 0.900. The van der Waals surface area contributed by atoms with Crippen molar-refractivity contribution in [2.45, 2.75) is 64.0 Å². The summed E-state index contributed by atoms with van der Waals surface area (Å²) in [6.07, 6.45) is 13.0. The van der Waals surface area contributed by atoms with Gasteiger partial charge in [0.2, 0.25) is 5.91 Å². The fourth-order valence-electron chi connectivity index (χ4n) is 4.21. The summed E-state index contributed by atoms with van der Waals surface area (Å²) in [6.45, 7) is 0.521. The predicted octanol–water partition coefficient (Wildman–Crippen LogP) is 3.87. The number of amides is 1. The number of rotatable bonds is 5. The molecule has 4 rings (SSSR count). The highest BCUT2D eigenvalue weighted by molar-refractivity contribution is 5.78. The molecular weight excluding hydrogens is 312 g/mol. The number of nitrogens with one attached hydrogen (secondary N) is 1. The van der Waals surface area contributed by atoms with Gasteiger partial charge in [0, 0.05) is 23.9 Å². The van der Waals surface area contributed by atoms with Crippen LogP contribution < -0.4 is 5.32 Å². The summed E-state index contributed by atoms with van der Waals surface area (Å²) in [7, 11) is 0. The number of carbonyl (C=O) groups is 1. The normalized spacial score (nSPS) is 18.7. The monoisotopic (exact) mass is 338 g/mol. The second kappa shape index (κ2) is 7.38. The van der Waals surface area contributed by atoms with Gasteiger partial charge in [0.1, 0.15) is 0 Å². The van der Waals surface area contributed by atoms with Gasteiger partial charge in [-0.3, -0.25) is 14.5 Å². The van der Waals surface area contributed by atoms with Gasteiger partial charge in [0.05, 0.1) is 24.0 Å². The second-order valence-corrected chi connectivity index (χ2v) is 7.34. The average molecular weight is 338 g/mol. The van der Waals surface area contributed by atoms with E-state index in [0.29, 0.717) is 12.6 Å². The van der Waals surface area contributed by atoms with E-state index in [0.717, 1.165) is 29.8 Å². The first kappa shape index (κ1) is 16.3. The topological polar surface area (TPSA) is 59.8 Å². The van der Waals surface area contributed by atoms with Crippen LogP contribution in [0.15, 0.2) is 30.6 Å². The molecule has 2 aliphatic carbocycles. The first-order valence-electron chi connectivity index (χ1n) is 9.58. The van der Waals surface area contributed by atoms with Gasteiger partial charge < -0.3 is 5.32 Å². The molecule has 0 radical (unpaired) electrons. The van der Waals surface area contributed by atoms with Crippen LogP contribution in [0, 0.1) is 5.92 Å². The van der Waals surface area contributed by atoms with E-state index in [1.54, 1.807) is 0 Å². The van der Waals surface area contributed by atoms with Crippen LogP contribution >= 0.6 is 0 Å². The zero-order valence-electron chi connectivity index (χ0n) is 14.7. The third-order valence-electron chi connectivity index (χ3n) is 5.60. The van der Waals surface area contributed by atoms with Crippen molar-refractivity contribution in [2.75, 3.05) is 0 Å². The van der Waals surface area contributed by atoms with Crippen molar-refractivity contribution in [1.29, 1.82) is 0 Å². The number of nitrogens with zero attached hydrogens (tertiary/aromatic N) is 3. The van der Waals surface area contributed by atoms with Crippen LogP contribution in [0.25, 0.3) is 11.3 Å². The Morgan fingerprint density at radius 1 is 1.08 bits per heavy atom. The molecule has 2 aliphatic rings. The SMILES string of the molecule is O=C(NCc1cc(-c2ccncc2)n(C2CCCC2)n1)C1CCCC1. The van der Waals surface area contributed by atoms with Gasteiger partial charge in [-0.2, -0.15) is 5.10 Å². The largest absolute Gasteiger partial charge is 0.350 e. The lowest BCUT2D eigenvalue weighted by Gasteiger charge is -2.14. The van der Waals surface area contributed by atoms with E-state index in [2.05, 4.69) is 21.0 Å². The Morgan fingerprint density at radius 2 is 1.76 bits per heavy atom. The lowest BCUT2D eigenvalue weighted by Crippen LogP contribution is -2.29. The predicted molar refractivity (Wildman–Crippen MR) is 96.8 cm³/mol. The summed E-state index contributed by atoms with van der Waals surface area (Å²) in [5.41, 5.74) is 3.23. The van der Waals surface area contributed by atoms with E-state index >= 15 is 0 Å². The lowest BCUT2D eigenvalue weighted by atomic mass is 10.1. The lowest BCUT2D eigenvalue weighted by molar-refractivity contribution is -0.124. The first-order chi connectivity index (χ1) is 12.3. The van der Waals surface area contributed by atoms with Crippen molar-refractivity contribution in [3.8, 4) is 11.3 Å². The van der Waals surface area contributed by atoms with Gasteiger partial charge in [-0.25, -0.2) is 0 Å². The minimum absolute atomic E-state index is 0.193. The van der Waals surface area contributed by atoms with E-state index in [-0.39, 0.29) is 11.8 Å². The van der Waals surface area contributed by atoms with E-state index in [9.17, 15) is 4.79 Å². The molecule has 5 nitrogen and oxygen atoms in total. The zero-order chi connectivity index (χ0) is 17.1. The molecule has 2 aromatic rings. The first-order valence-corrected chi connectivity index (χ1v) is 9.58. The smallest absolute Gasteiger partial charge is 0.223 e. The van der Waals surface area contributed by atoms with Gasteiger partial charge in [0.15, 0.2) is 0 Å². The number of pyridine rings is 1. The minimum atomic E-state index is 0.193. The van der Waals surface area contributed by atoms with Gasteiger partial charge >= 0.3 is 0 Å². The van der Waals surface area contributed by atoms with Gasteiger partial charge in [-0.1, -0.05) is 25.7 Å². The van der Waals surface area contributed by atoms with E-state index in [1.807, 2.05) is 24.5 Å². The van der Waals surface area contributed by atoms with Gasteiger partial charge in [0.25, 0.3) is 0 Å². The average Bonchev–Trinajstić information content (AvgIpc) is 3.41. The second-order valence-electron chi connectivity index (χ2n) is 7.34. The molecule has 2 aromatic heterocycles. The maximum atomic E-state index is 12.3. The molecule has 0 unspecified atom stereocenters. The Bertz CT molecular complexity index is 713. The van der Waals surface area contributed by atoms with Crippen LogP contribution in [0.2, 0.25) is 0 Å². The van der Waals surface area contributed by atoms with Crippen molar-refractivity contribution in [3.63, 3.8) is 0 Å². The number of hydrogen-bond donors (Lipinski definition) is 1. The van der Waals surface area contributed by atoms with Crippen molar-refractivity contribution < 1.29 is 4.79 Å². The molecule has 1 amide bonds. The van der Waals surface area contributed by atoms with Crippen LogP contribution in [0.3, 0.4) is 0 Å². The molecular formula is C20H26N4O. The van der Waals surface area contributed by atoms with E-state index in [4.69, 9.17) is 5.10 Å². The van der Waals surface area contributed by atoms with Gasteiger partial charge in [-0.15, -0.1) is 0 Å².